The van der Waals surface area contributed by atoms with E-state index in [1.165, 1.54) is 4.90 Å². The van der Waals surface area contributed by atoms with Crippen LogP contribution in [-0.4, -0.2) is 49.0 Å². The fourth-order valence-electron chi connectivity index (χ4n) is 4.68. The number of thioether (sulfide) groups is 1. The maximum Gasteiger partial charge on any atom is 0.228 e. The van der Waals surface area contributed by atoms with E-state index in [4.69, 9.17) is 4.74 Å². The Morgan fingerprint density at radius 2 is 1.70 bits per heavy atom. The van der Waals surface area contributed by atoms with Crippen molar-refractivity contribution in [2.45, 2.75) is 37.0 Å². The van der Waals surface area contributed by atoms with Crippen LogP contribution < -0.4 is 10.1 Å². The number of carbonyl (C=O) groups is 3. The first-order chi connectivity index (χ1) is 15.9. The first-order valence-electron chi connectivity index (χ1n) is 11.3. The normalized spacial score (nSPS) is 18.6. The second-order valence-electron chi connectivity index (χ2n) is 8.87. The highest BCUT2D eigenvalue weighted by Gasteiger charge is 2.58. The first kappa shape index (κ1) is 23.4. The number of nitrogens with zero attached hydrogens (tertiary/aromatic N) is 1. The largest absolute Gasteiger partial charge is 0.497 e. The third-order valence-electron chi connectivity index (χ3n) is 6.95. The quantitative estimate of drug-likeness (QED) is 0.453. The molecule has 2 aromatic carbocycles. The van der Waals surface area contributed by atoms with Gasteiger partial charge in [-0.05, 0) is 79.5 Å². The predicted molar refractivity (Wildman–Crippen MR) is 130 cm³/mol. The van der Waals surface area contributed by atoms with Gasteiger partial charge < -0.3 is 15.0 Å². The van der Waals surface area contributed by atoms with Gasteiger partial charge in [0.15, 0.2) is 5.78 Å². The maximum atomic E-state index is 12.7. The Morgan fingerprint density at radius 3 is 2.30 bits per heavy atom. The molecular formula is C26H30N2O4S. The zero-order valence-corrected chi connectivity index (χ0v) is 20.0. The van der Waals surface area contributed by atoms with Crippen LogP contribution in [0.5, 0.6) is 5.75 Å². The topological polar surface area (TPSA) is 75.7 Å². The number of piperidine rings is 1. The van der Waals surface area contributed by atoms with E-state index < -0.39 is 0 Å². The molecular weight excluding hydrogens is 436 g/mol. The van der Waals surface area contributed by atoms with Crippen molar-refractivity contribution in [2.24, 2.45) is 11.3 Å². The van der Waals surface area contributed by atoms with Gasteiger partial charge in [0, 0.05) is 48.0 Å². The standard InChI is InChI=1S/C26H30N2O4S/c1-32-20-7-3-18(4-8-20)23(29)11-12-24(30)28-15-13-26(14-16-28)17-22(26)25(31)27-19-5-9-21(33-2)10-6-19/h3-10,22H,11-17H2,1-2H3,(H,27,31). The van der Waals surface area contributed by atoms with Gasteiger partial charge in [0.1, 0.15) is 5.75 Å². The fraction of sp³-hybridized carbons (Fsp3) is 0.423. The van der Waals surface area contributed by atoms with E-state index in [9.17, 15) is 14.4 Å². The number of Topliss-reactive ketones (excluding diaryl/α,β-unsaturated/α-hetero) is 1. The summed E-state index contributed by atoms with van der Waals surface area (Å²) in [7, 11) is 1.58. The van der Waals surface area contributed by atoms with Crippen LogP contribution in [0, 0.1) is 11.3 Å². The summed E-state index contributed by atoms with van der Waals surface area (Å²) in [6.07, 6.45) is 5.02. The van der Waals surface area contributed by atoms with Gasteiger partial charge in [0.25, 0.3) is 0 Å². The second kappa shape index (κ2) is 10.00. The van der Waals surface area contributed by atoms with Crippen LogP contribution in [-0.2, 0) is 9.59 Å². The fourth-order valence-corrected chi connectivity index (χ4v) is 5.08. The van der Waals surface area contributed by atoms with E-state index in [0.29, 0.717) is 24.4 Å². The van der Waals surface area contributed by atoms with Gasteiger partial charge in [-0.1, -0.05) is 0 Å². The van der Waals surface area contributed by atoms with Crippen LogP contribution in [0.15, 0.2) is 53.4 Å². The van der Waals surface area contributed by atoms with Gasteiger partial charge >= 0.3 is 0 Å². The lowest BCUT2D eigenvalue weighted by Gasteiger charge is -2.33. The van der Waals surface area contributed by atoms with Gasteiger partial charge in [0.05, 0.1) is 7.11 Å². The molecule has 1 saturated heterocycles. The minimum absolute atomic E-state index is 0.0160. The van der Waals surface area contributed by atoms with Crippen LogP contribution in [0.25, 0.3) is 0 Å². The van der Waals surface area contributed by atoms with Crippen molar-refractivity contribution in [3.05, 3.63) is 54.1 Å². The minimum Gasteiger partial charge on any atom is -0.497 e. The van der Waals surface area contributed by atoms with Gasteiger partial charge in [-0.25, -0.2) is 0 Å². The second-order valence-corrected chi connectivity index (χ2v) is 9.75. The Bertz CT molecular complexity index is 1010. The number of benzene rings is 2. The summed E-state index contributed by atoms with van der Waals surface area (Å²) in [6.45, 7) is 1.31. The summed E-state index contributed by atoms with van der Waals surface area (Å²) < 4.78 is 5.11. The van der Waals surface area contributed by atoms with Crippen molar-refractivity contribution < 1.29 is 19.1 Å². The van der Waals surface area contributed by atoms with Crippen LogP contribution >= 0.6 is 11.8 Å². The molecule has 1 N–H and O–H groups in total. The minimum atomic E-state index is -0.0380. The van der Waals surface area contributed by atoms with Crippen LogP contribution in [0.4, 0.5) is 5.69 Å². The van der Waals surface area contributed by atoms with Crippen molar-refractivity contribution in [3.63, 3.8) is 0 Å². The SMILES string of the molecule is COc1ccc(C(=O)CCC(=O)N2CCC3(CC2)CC3C(=O)Nc2ccc(SC)cc2)cc1. The summed E-state index contributed by atoms with van der Waals surface area (Å²) in [5, 5.41) is 3.04. The smallest absolute Gasteiger partial charge is 0.228 e. The lowest BCUT2D eigenvalue weighted by Crippen LogP contribution is -2.40. The van der Waals surface area contributed by atoms with Crippen molar-refractivity contribution in [2.75, 3.05) is 31.8 Å². The molecule has 1 heterocycles. The molecule has 1 aliphatic heterocycles. The Labute approximate surface area is 199 Å². The van der Waals surface area contributed by atoms with Crippen molar-refractivity contribution >= 4 is 35.0 Å². The van der Waals surface area contributed by atoms with Crippen LogP contribution in [0.1, 0.15) is 42.5 Å². The highest BCUT2D eigenvalue weighted by atomic mass is 32.2. The van der Waals surface area contributed by atoms with Gasteiger partial charge in [0.2, 0.25) is 11.8 Å². The Hall–Kier alpha value is -2.80. The molecule has 6 nitrogen and oxygen atoms in total. The van der Waals surface area contributed by atoms with E-state index in [-0.39, 0.29) is 41.8 Å². The molecule has 0 bridgehead atoms. The first-order valence-corrected chi connectivity index (χ1v) is 12.6. The van der Waals surface area contributed by atoms with Crippen molar-refractivity contribution in [3.8, 4) is 5.75 Å². The number of ketones is 1. The molecule has 1 spiro atoms. The number of rotatable bonds is 8. The number of amides is 2. The summed E-state index contributed by atoms with van der Waals surface area (Å²) >= 11 is 1.67. The number of ether oxygens (including phenoxy) is 1. The number of carbonyl (C=O) groups excluding carboxylic acids is 3. The number of hydrogen-bond donors (Lipinski definition) is 1. The molecule has 7 heteroatoms. The molecule has 33 heavy (non-hydrogen) atoms. The summed E-state index contributed by atoms with van der Waals surface area (Å²) in [5.41, 5.74) is 1.45. The zero-order chi connectivity index (χ0) is 23.4. The number of anilines is 1. The van der Waals surface area contributed by atoms with Crippen molar-refractivity contribution in [1.82, 2.24) is 4.90 Å². The molecule has 0 aromatic heterocycles. The molecule has 4 rings (SSSR count). The monoisotopic (exact) mass is 466 g/mol. The Balaban J connectivity index is 1.21. The molecule has 1 aliphatic carbocycles. The lowest BCUT2D eigenvalue weighted by molar-refractivity contribution is -0.132. The predicted octanol–water partition coefficient (Wildman–Crippen LogP) is 4.65. The van der Waals surface area contributed by atoms with Gasteiger partial charge in [-0.15, -0.1) is 11.8 Å². The molecule has 2 aliphatic rings. The van der Waals surface area contributed by atoms with Crippen LogP contribution in [0.2, 0.25) is 0 Å². The number of nitrogens with one attached hydrogen (secondary N) is 1. The Morgan fingerprint density at radius 1 is 1.03 bits per heavy atom. The molecule has 1 saturated carbocycles. The number of hydrogen-bond acceptors (Lipinski definition) is 5. The van der Waals surface area contributed by atoms with E-state index in [1.807, 2.05) is 35.4 Å². The van der Waals surface area contributed by atoms with E-state index in [0.717, 1.165) is 24.9 Å². The lowest BCUT2D eigenvalue weighted by atomic mass is 9.90. The summed E-state index contributed by atoms with van der Waals surface area (Å²) in [5.74, 6) is 0.778. The number of methoxy groups -OCH3 is 1. The van der Waals surface area contributed by atoms with E-state index >= 15 is 0 Å². The highest BCUT2D eigenvalue weighted by molar-refractivity contribution is 7.98. The highest BCUT2D eigenvalue weighted by Crippen LogP contribution is 2.59. The third-order valence-corrected chi connectivity index (χ3v) is 7.70. The molecule has 1 atom stereocenters. The summed E-state index contributed by atoms with van der Waals surface area (Å²) in [6, 6.07) is 14.8. The molecule has 2 aromatic rings. The van der Waals surface area contributed by atoms with Crippen molar-refractivity contribution in [1.29, 1.82) is 0 Å². The molecule has 0 radical (unpaired) electrons. The molecule has 174 valence electrons. The zero-order valence-electron chi connectivity index (χ0n) is 19.1. The van der Waals surface area contributed by atoms with Crippen LogP contribution in [0.3, 0.4) is 0 Å². The average Bonchev–Trinajstić information content (AvgIpc) is 3.56. The molecule has 2 fully saturated rings. The molecule has 2 amide bonds. The average molecular weight is 467 g/mol. The third kappa shape index (κ3) is 5.41. The molecule has 1 unspecified atom stereocenters. The van der Waals surface area contributed by atoms with Gasteiger partial charge in [-0.2, -0.15) is 0 Å². The summed E-state index contributed by atoms with van der Waals surface area (Å²) in [4.78, 5) is 40.8. The van der Waals surface area contributed by atoms with E-state index in [2.05, 4.69) is 5.32 Å². The van der Waals surface area contributed by atoms with E-state index in [1.54, 1.807) is 43.1 Å². The number of likely N-dealkylation sites (tertiary alicyclic amines) is 1. The van der Waals surface area contributed by atoms with Gasteiger partial charge in [-0.3, -0.25) is 14.4 Å². The Kier molecular flexibility index (Phi) is 7.08. The maximum absolute atomic E-state index is 12.7.